The van der Waals surface area contributed by atoms with E-state index in [2.05, 4.69) is 5.10 Å². The number of rotatable bonds is 7. The summed E-state index contributed by atoms with van der Waals surface area (Å²) in [7, 11) is -2.04. The Morgan fingerprint density at radius 1 is 1.17 bits per heavy atom. The van der Waals surface area contributed by atoms with E-state index in [4.69, 9.17) is 14.2 Å². The number of nitrogens with zero attached hydrogens (tertiary/aromatic N) is 2. The van der Waals surface area contributed by atoms with Gasteiger partial charge < -0.3 is 14.2 Å². The molecule has 0 unspecified atom stereocenters. The van der Waals surface area contributed by atoms with Crippen LogP contribution in [0.1, 0.15) is 12.0 Å². The van der Waals surface area contributed by atoms with Gasteiger partial charge in [-0.3, -0.25) is 0 Å². The molecule has 152 valence electrons. The monoisotopic (exact) mass is 414 g/mol. The molecule has 0 spiro atoms. The first-order valence-corrected chi connectivity index (χ1v) is 10.9. The van der Waals surface area contributed by atoms with Crippen LogP contribution in [0.15, 0.2) is 60.8 Å². The standard InChI is InChI=1S/C21H22N2O5S/c1-26-17-7-8-19(21(13-17)28-18-10-12-27-14-18)20-9-11-23(22-20)29(24,25)15-16-5-3-2-4-6-16/h2-9,11,13,18H,10,12,14-15H2,1H3/t18-/m1/s1. The molecule has 4 rings (SSSR count). The number of ether oxygens (including phenoxy) is 3. The zero-order valence-electron chi connectivity index (χ0n) is 16.0. The molecule has 7 nitrogen and oxygen atoms in total. The van der Waals surface area contributed by atoms with Crippen molar-refractivity contribution in [3.63, 3.8) is 0 Å². The quantitative estimate of drug-likeness (QED) is 0.591. The van der Waals surface area contributed by atoms with E-state index in [9.17, 15) is 8.42 Å². The predicted octanol–water partition coefficient (Wildman–Crippen LogP) is 3.10. The van der Waals surface area contributed by atoms with Gasteiger partial charge in [-0.25, -0.2) is 8.42 Å². The maximum absolute atomic E-state index is 12.7. The first-order chi connectivity index (χ1) is 14.0. The summed E-state index contributed by atoms with van der Waals surface area (Å²) in [6, 6.07) is 16.1. The van der Waals surface area contributed by atoms with Crippen molar-refractivity contribution in [3.8, 4) is 22.8 Å². The second-order valence-electron chi connectivity index (χ2n) is 6.78. The molecule has 0 aliphatic carbocycles. The Bertz CT molecular complexity index is 1070. The predicted molar refractivity (Wildman–Crippen MR) is 109 cm³/mol. The van der Waals surface area contributed by atoms with Crippen molar-refractivity contribution in [2.75, 3.05) is 20.3 Å². The van der Waals surface area contributed by atoms with Crippen LogP contribution < -0.4 is 9.47 Å². The van der Waals surface area contributed by atoms with Crippen LogP contribution in [0.25, 0.3) is 11.3 Å². The molecular weight excluding hydrogens is 392 g/mol. The Labute approximate surface area is 169 Å². The lowest BCUT2D eigenvalue weighted by Crippen LogP contribution is -2.17. The first kappa shape index (κ1) is 19.5. The van der Waals surface area contributed by atoms with Gasteiger partial charge in [0.05, 0.1) is 31.8 Å². The SMILES string of the molecule is COc1ccc(-c2ccn(S(=O)(=O)Cc3ccccc3)n2)c(O[C@@H]2CCOC2)c1. The zero-order valence-corrected chi connectivity index (χ0v) is 16.8. The lowest BCUT2D eigenvalue weighted by molar-refractivity contribution is 0.141. The molecule has 1 fully saturated rings. The second kappa shape index (κ2) is 8.26. The molecule has 1 atom stereocenters. The maximum Gasteiger partial charge on any atom is 0.257 e. The third kappa shape index (κ3) is 4.44. The highest BCUT2D eigenvalue weighted by atomic mass is 32.2. The number of methoxy groups -OCH3 is 1. The molecule has 0 radical (unpaired) electrons. The summed E-state index contributed by atoms with van der Waals surface area (Å²) in [5, 5.41) is 4.32. The van der Waals surface area contributed by atoms with Crippen LogP contribution in [0.4, 0.5) is 0 Å². The summed E-state index contributed by atoms with van der Waals surface area (Å²) in [5.74, 6) is 1.12. The van der Waals surface area contributed by atoms with Gasteiger partial charge >= 0.3 is 0 Å². The third-order valence-electron chi connectivity index (χ3n) is 4.69. The van der Waals surface area contributed by atoms with E-state index >= 15 is 0 Å². The van der Waals surface area contributed by atoms with E-state index in [0.717, 1.165) is 10.5 Å². The smallest absolute Gasteiger partial charge is 0.257 e. The van der Waals surface area contributed by atoms with Crippen molar-refractivity contribution < 1.29 is 22.6 Å². The number of hydrogen-bond donors (Lipinski definition) is 0. The summed E-state index contributed by atoms with van der Waals surface area (Å²) in [6.07, 6.45) is 2.21. The van der Waals surface area contributed by atoms with Gasteiger partial charge in [-0.05, 0) is 23.8 Å². The van der Waals surface area contributed by atoms with Crippen LogP contribution in [0.3, 0.4) is 0 Å². The minimum Gasteiger partial charge on any atom is -0.497 e. The first-order valence-electron chi connectivity index (χ1n) is 9.31. The lowest BCUT2D eigenvalue weighted by Gasteiger charge is -2.16. The van der Waals surface area contributed by atoms with Gasteiger partial charge in [-0.2, -0.15) is 9.19 Å². The average Bonchev–Trinajstić information content (AvgIpc) is 3.41. The van der Waals surface area contributed by atoms with Gasteiger partial charge in [0.15, 0.2) is 0 Å². The van der Waals surface area contributed by atoms with E-state index in [-0.39, 0.29) is 11.9 Å². The van der Waals surface area contributed by atoms with Crippen LogP contribution in [0, 0.1) is 0 Å². The molecule has 0 amide bonds. The Hall–Kier alpha value is -2.84. The summed E-state index contributed by atoms with van der Waals surface area (Å²) in [6.45, 7) is 1.19. The van der Waals surface area contributed by atoms with Crippen LogP contribution in [0.2, 0.25) is 0 Å². The minimum atomic E-state index is -3.63. The molecule has 2 heterocycles. The highest BCUT2D eigenvalue weighted by Gasteiger charge is 2.22. The molecule has 3 aromatic rings. The van der Waals surface area contributed by atoms with Crippen LogP contribution >= 0.6 is 0 Å². The maximum atomic E-state index is 12.7. The molecule has 1 aliphatic rings. The Morgan fingerprint density at radius 3 is 2.72 bits per heavy atom. The fraction of sp³-hybridized carbons (Fsp3) is 0.286. The topological polar surface area (TPSA) is 79.7 Å². The third-order valence-corrected chi connectivity index (χ3v) is 6.16. The van der Waals surface area contributed by atoms with E-state index in [0.29, 0.717) is 41.5 Å². The highest BCUT2D eigenvalue weighted by Crippen LogP contribution is 2.34. The largest absolute Gasteiger partial charge is 0.497 e. The second-order valence-corrected chi connectivity index (χ2v) is 8.61. The molecule has 0 bridgehead atoms. The molecule has 1 saturated heterocycles. The van der Waals surface area contributed by atoms with Crippen LogP contribution in [-0.4, -0.2) is 44.0 Å². The highest BCUT2D eigenvalue weighted by molar-refractivity contribution is 7.89. The van der Waals surface area contributed by atoms with E-state index in [1.54, 1.807) is 37.4 Å². The fourth-order valence-corrected chi connectivity index (χ4v) is 4.39. The van der Waals surface area contributed by atoms with Gasteiger partial charge in [-0.1, -0.05) is 30.3 Å². The molecule has 1 aliphatic heterocycles. The molecule has 29 heavy (non-hydrogen) atoms. The van der Waals surface area contributed by atoms with Crippen molar-refractivity contribution in [2.45, 2.75) is 18.3 Å². The van der Waals surface area contributed by atoms with Gasteiger partial charge in [-0.15, -0.1) is 0 Å². The molecule has 2 aromatic carbocycles. The summed E-state index contributed by atoms with van der Waals surface area (Å²) in [4.78, 5) is 0. The number of benzene rings is 2. The van der Waals surface area contributed by atoms with Crippen molar-refractivity contribution in [1.82, 2.24) is 9.19 Å². The average molecular weight is 414 g/mol. The fourth-order valence-electron chi connectivity index (χ4n) is 3.18. The van der Waals surface area contributed by atoms with Gasteiger partial charge in [0.2, 0.25) is 0 Å². The minimum absolute atomic E-state index is 0.0512. The number of aromatic nitrogens is 2. The van der Waals surface area contributed by atoms with Crippen molar-refractivity contribution in [2.24, 2.45) is 0 Å². The van der Waals surface area contributed by atoms with Gasteiger partial charge in [0.1, 0.15) is 17.6 Å². The molecule has 0 N–H and O–H groups in total. The Balaban J connectivity index is 1.63. The number of hydrogen-bond acceptors (Lipinski definition) is 6. The lowest BCUT2D eigenvalue weighted by atomic mass is 10.1. The van der Waals surface area contributed by atoms with Gasteiger partial charge in [0, 0.05) is 24.2 Å². The summed E-state index contributed by atoms with van der Waals surface area (Å²) >= 11 is 0. The van der Waals surface area contributed by atoms with Crippen molar-refractivity contribution >= 4 is 10.0 Å². The zero-order chi connectivity index (χ0) is 20.3. The molecule has 8 heteroatoms. The Kier molecular flexibility index (Phi) is 5.55. The molecule has 1 aromatic heterocycles. The van der Waals surface area contributed by atoms with Crippen molar-refractivity contribution in [1.29, 1.82) is 0 Å². The van der Waals surface area contributed by atoms with E-state index < -0.39 is 10.0 Å². The van der Waals surface area contributed by atoms with E-state index in [1.807, 2.05) is 24.3 Å². The van der Waals surface area contributed by atoms with Crippen LogP contribution in [-0.2, 0) is 20.5 Å². The van der Waals surface area contributed by atoms with E-state index in [1.165, 1.54) is 6.20 Å². The van der Waals surface area contributed by atoms with Gasteiger partial charge in [0.25, 0.3) is 10.0 Å². The Morgan fingerprint density at radius 2 is 2.00 bits per heavy atom. The normalized spacial score (nSPS) is 16.7. The molecule has 0 saturated carbocycles. The summed E-state index contributed by atoms with van der Waals surface area (Å²) in [5.41, 5.74) is 1.92. The van der Waals surface area contributed by atoms with Crippen molar-refractivity contribution in [3.05, 3.63) is 66.4 Å². The van der Waals surface area contributed by atoms with Crippen LogP contribution in [0.5, 0.6) is 11.5 Å². The molecular formula is C21H22N2O5S. The summed E-state index contributed by atoms with van der Waals surface area (Å²) < 4.78 is 43.3.